The molecule has 9 atom stereocenters. The Kier molecular flexibility index (Phi) is 7.23. The van der Waals surface area contributed by atoms with Crippen LogP contribution >= 0.6 is 11.6 Å². The summed E-state index contributed by atoms with van der Waals surface area (Å²) < 4.78 is 0. The second-order valence-corrected chi connectivity index (χ2v) is 14.7. The molecular weight excluding hydrogens is 432 g/mol. The van der Waals surface area contributed by atoms with Crippen molar-refractivity contribution in [1.82, 2.24) is 0 Å². The van der Waals surface area contributed by atoms with Crippen molar-refractivity contribution < 1.29 is 0 Å². The van der Waals surface area contributed by atoms with E-state index in [0.29, 0.717) is 10.8 Å². The molecule has 1 aromatic carbocycles. The molecule has 1 heteroatoms. The van der Waals surface area contributed by atoms with Gasteiger partial charge in [-0.1, -0.05) is 77.6 Å². The Labute approximate surface area is 216 Å². The van der Waals surface area contributed by atoms with Gasteiger partial charge in [-0.05, 0) is 134 Å². The summed E-state index contributed by atoms with van der Waals surface area (Å²) in [5, 5.41) is 0.912. The molecule has 0 N–H and O–H groups in total. The van der Waals surface area contributed by atoms with Crippen LogP contribution in [-0.4, -0.2) is 0 Å². The van der Waals surface area contributed by atoms with Gasteiger partial charge in [-0.15, -0.1) is 0 Å². The van der Waals surface area contributed by atoms with E-state index in [4.69, 9.17) is 11.6 Å². The highest BCUT2D eigenvalue weighted by Gasteiger charge is 2.60. The molecule has 0 saturated heterocycles. The van der Waals surface area contributed by atoms with Crippen LogP contribution in [0.3, 0.4) is 0 Å². The third-order valence-electron chi connectivity index (χ3n) is 12.2. The lowest BCUT2D eigenvalue weighted by atomic mass is 9.43. The first-order valence-corrected chi connectivity index (χ1v) is 15.4. The summed E-state index contributed by atoms with van der Waals surface area (Å²) in [5.74, 6) is 7.41. The van der Waals surface area contributed by atoms with E-state index in [1.807, 2.05) is 6.07 Å². The molecule has 4 aliphatic rings. The molecule has 0 spiro atoms. The van der Waals surface area contributed by atoms with Crippen molar-refractivity contribution in [1.29, 1.82) is 0 Å². The smallest absolute Gasteiger partial charge is 0.0408 e. The zero-order chi connectivity index (χ0) is 24.1. The Bertz CT molecular complexity index is 843. The molecule has 0 heterocycles. The van der Waals surface area contributed by atoms with E-state index >= 15 is 0 Å². The Hall–Kier alpha value is -0.490. The van der Waals surface area contributed by atoms with Gasteiger partial charge in [-0.2, -0.15) is 0 Å². The van der Waals surface area contributed by atoms with E-state index in [-0.39, 0.29) is 0 Å². The van der Waals surface area contributed by atoms with Crippen LogP contribution in [0.5, 0.6) is 0 Å². The number of rotatable bonds is 6. The molecule has 4 fully saturated rings. The quantitative estimate of drug-likeness (QED) is 0.378. The Morgan fingerprint density at radius 2 is 1.65 bits per heavy atom. The van der Waals surface area contributed by atoms with Crippen LogP contribution in [0.4, 0.5) is 0 Å². The molecule has 5 rings (SSSR count). The standard InChI is InChI=1S/C33H51Cl/c1-22(2)8-6-9-23(3)29-14-15-30-28-13-12-26-20-25(24-10-7-11-27(34)21-24)16-18-32(26,4)31(28)17-19-33(29,30)5/h7,10-11,21-23,25-26,28-31H,6,8-9,12-20H2,1-5H3/t23-,25?,26+,28?,29?,30?,31+,32?,33?/m1/s1. The van der Waals surface area contributed by atoms with E-state index in [1.54, 1.807) is 0 Å². The number of benzene rings is 1. The van der Waals surface area contributed by atoms with Crippen LogP contribution in [0.15, 0.2) is 24.3 Å². The van der Waals surface area contributed by atoms with Gasteiger partial charge in [0.25, 0.3) is 0 Å². The van der Waals surface area contributed by atoms with Crippen LogP contribution in [0.25, 0.3) is 0 Å². The first-order valence-electron chi connectivity index (χ1n) is 15.0. The van der Waals surface area contributed by atoms with E-state index in [2.05, 4.69) is 52.8 Å². The molecule has 0 aromatic heterocycles. The summed E-state index contributed by atoms with van der Waals surface area (Å²) in [5.41, 5.74) is 2.71. The molecular formula is C33H51Cl. The Morgan fingerprint density at radius 3 is 2.41 bits per heavy atom. The van der Waals surface area contributed by atoms with Gasteiger partial charge in [0.05, 0.1) is 0 Å². The van der Waals surface area contributed by atoms with Crippen LogP contribution < -0.4 is 0 Å². The van der Waals surface area contributed by atoms with Crippen LogP contribution in [0.1, 0.15) is 123 Å². The lowest BCUT2D eigenvalue weighted by Gasteiger charge is -2.61. The molecule has 1 aromatic rings. The normalized spacial score (nSPS) is 42.7. The topological polar surface area (TPSA) is 0 Å². The third kappa shape index (κ3) is 4.41. The van der Waals surface area contributed by atoms with Gasteiger partial charge in [0, 0.05) is 5.02 Å². The number of halogens is 1. The Balaban J connectivity index is 1.27. The zero-order valence-electron chi connectivity index (χ0n) is 22.8. The molecule has 190 valence electrons. The monoisotopic (exact) mass is 482 g/mol. The molecule has 0 amide bonds. The van der Waals surface area contributed by atoms with Gasteiger partial charge in [0.2, 0.25) is 0 Å². The largest absolute Gasteiger partial charge is 0.0843 e. The molecule has 4 saturated carbocycles. The average molecular weight is 483 g/mol. The minimum Gasteiger partial charge on any atom is -0.0843 e. The second kappa shape index (κ2) is 9.76. The fourth-order valence-corrected chi connectivity index (χ4v) is 10.5. The van der Waals surface area contributed by atoms with Gasteiger partial charge in [0.1, 0.15) is 0 Å². The molecule has 0 nitrogen and oxygen atoms in total. The molecule has 4 aliphatic carbocycles. The summed E-state index contributed by atoms with van der Waals surface area (Å²) in [6.07, 6.45) is 17.6. The molecule has 6 unspecified atom stereocenters. The highest BCUT2D eigenvalue weighted by Crippen LogP contribution is 2.69. The maximum absolute atomic E-state index is 6.36. The van der Waals surface area contributed by atoms with Crippen molar-refractivity contribution >= 4 is 11.6 Å². The van der Waals surface area contributed by atoms with Gasteiger partial charge in [-0.25, -0.2) is 0 Å². The lowest BCUT2D eigenvalue weighted by molar-refractivity contribution is -0.117. The number of fused-ring (bicyclic) bond motifs is 5. The summed E-state index contributed by atoms with van der Waals surface area (Å²) in [4.78, 5) is 0. The van der Waals surface area contributed by atoms with Crippen LogP contribution in [0, 0.1) is 52.3 Å². The van der Waals surface area contributed by atoms with Crippen LogP contribution in [0.2, 0.25) is 5.02 Å². The van der Waals surface area contributed by atoms with Gasteiger partial charge < -0.3 is 0 Å². The predicted molar refractivity (Wildman–Crippen MR) is 147 cm³/mol. The van der Waals surface area contributed by atoms with Crippen LogP contribution in [-0.2, 0) is 0 Å². The lowest BCUT2D eigenvalue weighted by Crippen LogP contribution is -2.53. The molecule has 34 heavy (non-hydrogen) atoms. The van der Waals surface area contributed by atoms with Crippen molar-refractivity contribution in [2.24, 2.45) is 52.3 Å². The number of hydrogen-bond acceptors (Lipinski definition) is 0. The molecule has 0 bridgehead atoms. The fraction of sp³-hybridized carbons (Fsp3) is 0.818. The SMILES string of the molecule is CC(C)CCC[C@@H](C)C1CCC2C3CC[C@H]4CC(c5cccc(Cl)c5)CCC4(C)[C@H]3CCC21C. The minimum absolute atomic E-state index is 0.584. The highest BCUT2D eigenvalue weighted by molar-refractivity contribution is 6.30. The second-order valence-electron chi connectivity index (χ2n) is 14.2. The first kappa shape index (κ1) is 25.2. The van der Waals surface area contributed by atoms with E-state index in [0.717, 1.165) is 52.4 Å². The maximum Gasteiger partial charge on any atom is 0.0408 e. The van der Waals surface area contributed by atoms with Gasteiger partial charge in [0.15, 0.2) is 0 Å². The Morgan fingerprint density at radius 1 is 0.882 bits per heavy atom. The highest BCUT2D eigenvalue weighted by atomic mass is 35.5. The van der Waals surface area contributed by atoms with Crippen molar-refractivity contribution in [3.8, 4) is 0 Å². The average Bonchev–Trinajstić information content (AvgIpc) is 3.15. The van der Waals surface area contributed by atoms with Crippen molar-refractivity contribution in [2.45, 2.75) is 118 Å². The summed E-state index contributed by atoms with van der Waals surface area (Å²) in [6.45, 7) is 12.9. The molecule has 0 radical (unpaired) electrons. The number of hydrogen-bond donors (Lipinski definition) is 0. The third-order valence-corrected chi connectivity index (χ3v) is 12.4. The van der Waals surface area contributed by atoms with E-state index in [1.165, 1.54) is 82.6 Å². The van der Waals surface area contributed by atoms with Crippen molar-refractivity contribution in [3.63, 3.8) is 0 Å². The predicted octanol–water partition coefficient (Wildman–Crippen LogP) is 10.5. The van der Waals surface area contributed by atoms with Crippen molar-refractivity contribution in [3.05, 3.63) is 34.9 Å². The van der Waals surface area contributed by atoms with E-state index < -0.39 is 0 Å². The summed E-state index contributed by atoms with van der Waals surface area (Å²) >= 11 is 6.36. The fourth-order valence-electron chi connectivity index (χ4n) is 10.3. The summed E-state index contributed by atoms with van der Waals surface area (Å²) in [7, 11) is 0. The summed E-state index contributed by atoms with van der Waals surface area (Å²) in [6, 6.07) is 8.76. The van der Waals surface area contributed by atoms with Gasteiger partial charge >= 0.3 is 0 Å². The molecule has 0 aliphatic heterocycles. The first-order chi connectivity index (χ1) is 16.2. The van der Waals surface area contributed by atoms with Crippen molar-refractivity contribution in [2.75, 3.05) is 0 Å². The zero-order valence-corrected chi connectivity index (χ0v) is 23.5. The maximum atomic E-state index is 6.36. The van der Waals surface area contributed by atoms with E-state index in [9.17, 15) is 0 Å². The minimum atomic E-state index is 0.584. The van der Waals surface area contributed by atoms with Gasteiger partial charge in [-0.3, -0.25) is 0 Å².